The summed E-state index contributed by atoms with van der Waals surface area (Å²) in [4.78, 5) is 27.3. The summed E-state index contributed by atoms with van der Waals surface area (Å²) in [5, 5.41) is 9.19. The molecule has 1 atom stereocenters. The standard InChI is InChI=1S/C15H19NO3S/c17-14(16-8-4-6-11(16)15(18)19)13-9-10-5-2-1-3-7-12(10)20-13/h9,11H,1-8H2,(H,18,19)/t11-/m0/s1. The number of hydrogen-bond acceptors (Lipinski definition) is 3. The van der Waals surface area contributed by atoms with Gasteiger partial charge >= 0.3 is 5.97 Å². The third-order valence-corrected chi connectivity index (χ3v) is 5.48. The van der Waals surface area contributed by atoms with Crippen LogP contribution in [-0.4, -0.2) is 34.5 Å². The zero-order chi connectivity index (χ0) is 14.1. The second kappa shape index (κ2) is 5.56. The lowest BCUT2D eigenvalue weighted by Gasteiger charge is -2.20. The smallest absolute Gasteiger partial charge is 0.326 e. The maximum Gasteiger partial charge on any atom is 0.326 e. The van der Waals surface area contributed by atoms with Gasteiger partial charge in [-0.05, 0) is 50.2 Å². The Morgan fingerprint density at radius 3 is 2.80 bits per heavy atom. The van der Waals surface area contributed by atoms with Crippen LogP contribution in [0.4, 0.5) is 0 Å². The van der Waals surface area contributed by atoms with E-state index in [4.69, 9.17) is 0 Å². The van der Waals surface area contributed by atoms with Gasteiger partial charge in [0.15, 0.2) is 0 Å². The van der Waals surface area contributed by atoms with Crippen LogP contribution >= 0.6 is 11.3 Å². The number of fused-ring (bicyclic) bond motifs is 1. The Morgan fingerprint density at radius 2 is 2.00 bits per heavy atom. The summed E-state index contributed by atoms with van der Waals surface area (Å²) in [7, 11) is 0. The highest BCUT2D eigenvalue weighted by Gasteiger charge is 2.35. The van der Waals surface area contributed by atoms with Crippen LogP contribution in [0.2, 0.25) is 0 Å². The first-order valence-electron chi connectivity index (χ1n) is 7.32. The van der Waals surface area contributed by atoms with Crippen LogP contribution in [0.5, 0.6) is 0 Å². The number of hydrogen-bond donors (Lipinski definition) is 1. The summed E-state index contributed by atoms with van der Waals surface area (Å²) in [6, 6.07) is 1.37. The molecule has 0 saturated carbocycles. The normalized spacial score (nSPS) is 22.4. The van der Waals surface area contributed by atoms with Crippen molar-refractivity contribution >= 4 is 23.2 Å². The monoisotopic (exact) mass is 293 g/mol. The van der Waals surface area contributed by atoms with E-state index in [1.165, 1.54) is 34.6 Å². The lowest BCUT2D eigenvalue weighted by Crippen LogP contribution is -2.40. The second-order valence-electron chi connectivity index (χ2n) is 5.61. The topological polar surface area (TPSA) is 57.6 Å². The van der Waals surface area contributed by atoms with E-state index in [2.05, 4.69) is 0 Å². The zero-order valence-electron chi connectivity index (χ0n) is 11.4. The number of nitrogens with zero attached hydrogens (tertiary/aromatic N) is 1. The number of rotatable bonds is 2. The molecule has 0 aromatic carbocycles. The average Bonchev–Trinajstić information content (AvgIpc) is 3.01. The second-order valence-corrected chi connectivity index (χ2v) is 6.75. The van der Waals surface area contributed by atoms with Gasteiger partial charge < -0.3 is 10.0 Å². The molecule has 2 heterocycles. The highest BCUT2D eigenvalue weighted by atomic mass is 32.1. The number of carboxylic acids is 1. The quantitative estimate of drug-likeness (QED) is 0.853. The minimum atomic E-state index is -0.881. The van der Waals surface area contributed by atoms with Crippen LogP contribution in [0, 0.1) is 0 Å². The summed E-state index contributed by atoms with van der Waals surface area (Å²) >= 11 is 1.57. The van der Waals surface area contributed by atoms with Crippen molar-refractivity contribution in [1.29, 1.82) is 0 Å². The number of thiophene rings is 1. The predicted octanol–water partition coefficient (Wildman–Crippen LogP) is 2.71. The molecule has 5 heteroatoms. The number of carbonyl (C=O) groups excluding carboxylic acids is 1. The van der Waals surface area contributed by atoms with Crippen molar-refractivity contribution in [3.8, 4) is 0 Å². The Bertz CT molecular complexity index is 514. The Morgan fingerprint density at radius 1 is 1.20 bits per heavy atom. The first-order valence-corrected chi connectivity index (χ1v) is 8.14. The minimum absolute atomic E-state index is 0.0898. The molecule has 0 bridgehead atoms. The lowest BCUT2D eigenvalue weighted by atomic mass is 10.1. The Kier molecular flexibility index (Phi) is 3.78. The van der Waals surface area contributed by atoms with Crippen LogP contribution < -0.4 is 0 Å². The summed E-state index contributed by atoms with van der Waals surface area (Å²) in [5.41, 5.74) is 1.31. The number of carboxylic acid groups (broad SMARTS) is 1. The van der Waals surface area contributed by atoms with Crippen molar-refractivity contribution in [2.45, 2.75) is 51.0 Å². The number of aryl methyl sites for hydroxylation is 2. The summed E-state index contributed by atoms with van der Waals surface area (Å²) in [5.74, 6) is -0.970. The van der Waals surface area contributed by atoms with Gasteiger partial charge in [0.2, 0.25) is 0 Å². The molecule has 1 aliphatic carbocycles. The Hall–Kier alpha value is -1.36. The van der Waals surface area contributed by atoms with Crippen molar-refractivity contribution in [2.75, 3.05) is 6.54 Å². The van der Waals surface area contributed by atoms with Gasteiger partial charge in [-0.15, -0.1) is 11.3 Å². The van der Waals surface area contributed by atoms with E-state index >= 15 is 0 Å². The predicted molar refractivity (Wildman–Crippen MR) is 77.3 cm³/mol. The molecule has 1 aromatic heterocycles. The molecule has 3 rings (SSSR count). The van der Waals surface area contributed by atoms with Gasteiger partial charge in [0.1, 0.15) is 6.04 Å². The fourth-order valence-corrected chi connectivity index (χ4v) is 4.39. The SMILES string of the molecule is O=C(O)[C@@H]1CCCN1C(=O)c1cc2c(s1)CCCCC2. The van der Waals surface area contributed by atoms with Gasteiger partial charge in [-0.1, -0.05) is 6.42 Å². The van der Waals surface area contributed by atoms with E-state index in [9.17, 15) is 14.7 Å². The minimum Gasteiger partial charge on any atom is -0.480 e. The molecular formula is C15H19NO3S. The largest absolute Gasteiger partial charge is 0.480 e. The molecular weight excluding hydrogens is 274 g/mol. The third-order valence-electron chi connectivity index (χ3n) is 4.26. The van der Waals surface area contributed by atoms with Crippen LogP contribution in [0.15, 0.2) is 6.07 Å². The molecule has 108 valence electrons. The Balaban J connectivity index is 1.82. The summed E-state index contributed by atoms with van der Waals surface area (Å²) in [6.45, 7) is 0.568. The number of amides is 1. The third kappa shape index (κ3) is 2.46. The molecule has 1 aromatic rings. The van der Waals surface area contributed by atoms with E-state index in [1.54, 1.807) is 11.3 Å². The van der Waals surface area contributed by atoms with Gasteiger partial charge in [-0.25, -0.2) is 4.79 Å². The maximum absolute atomic E-state index is 12.5. The highest BCUT2D eigenvalue weighted by Crippen LogP contribution is 2.31. The van der Waals surface area contributed by atoms with Gasteiger partial charge in [0.25, 0.3) is 5.91 Å². The number of carbonyl (C=O) groups is 2. The van der Waals surface area contributed by atoms with Crippen molar-refractivity contribution in [3.63, 3.8) is 0 Å². The molecule has 1 amide bonds. The van der Waals surface area contributed by atoms with Crippen molar-refractivity contribution in [1.82, 2.24) is 4.90 Å². The van der Waals surface area contributed by atoms with Crippen LogP contribution in [0.1, 0.15) is 52.2 Å². The first kappa shape index (κ1) is 13.6. The molecule has 0 spiro atoms. The summed E-state index contributed by atoms with van der Waals surface area (Å²) in [6.07, 6.45) is 7.14. The van der Waals surface area contributed by atoms with Gasteiger partial charge in [0, 0.05) is 11.4 Å². The summed E-state index contributed by atoms with van der Waals surface area (Å²) < 4.78 is 0. The number of likely N-dealkylation sites (tertiary alicyclic amines) is 1. The van der Waals surface area contributed by atoms with Crippen molar-refractivity contribution < 1.29 is 14.7 Å². The molecule has 0 unspecified atom stereocenters. The molecule has 2 aliphatic rings. The van der Waals surface area contributed by atoms with Gasteiger partial charge in [0.05, 0.1) is 4.88 Å². The van der Waals surface area contributed by atoms with Gasteiger partial charge in [-0.2, -0.15) is 0 Å². The molecule has 1 N–H and O–H groups in total. The van der Waals surface area contributed by atoms with Crippen LogP contribution in [0.3, 0.4) is 0 Å². The fourth-order valence-electron chi connectivity index (χ4n) is 3.18. The number of aliphatic carboxylic acids is 1. The molecule has 1 fully saturated rings. The molecule has 0 radical (unpaired) electrons. The first-order chi connectivity index (χ1) is 9.66. The van der Waals surface area contributed by atoms with Gasteiger partial charge in [-0.3, -0.25) is 4.79 Å². The van der Waals surface area contributed by atoms with Crippen molar-refractivity contribution in [3.05, 3.63) is 21.4 Å². The van der Waals surface area contributed by atoms with Crippen LogP contribution in [0.25, 0.3) is 0 Å². The van der Waals surface area contributed by atoms with E-state index in [1.807, 2.05) is 6.07 Å². The highest BCUT2D eigenvalue weighted by molar-refractivity contribution is 7.14. The van der Waals surface area contributed by atoms with E-state index < -0.39 is 12.0 Å². The lowest BCUT2D eigenvalue weighted by molar-refractivity contribution is -0.141. The van der Waals surface area contributed by atoms with E-state index in [0.717, 1.165) is 24.1 Å². The van der Waals surface area contributed by atoms with Crippen molar-refractivity contribution in [2.24, 2.45) is 0 Å². The fraction of sp³-hybridized carbons (Fsp3) is 0.600. The zero-order valence-corrected chi connectivity index (χ0v) is 12.2. The van der Waals surface area contributed by atoms with E-state index in [0.29, 0.717) is 13.0 Å². The molecule has 1 saturated heterocycles. The van der Waals surface area contributed by atoms with E-state index in [-0.39, 0.29) is 5.91 Å². The molecule has 1 aliphatic heterocycles. The average molecular weight is 293 g/mol. The Labute approximate surface area is 122 Å². The molecule has 20 heavy (non-hydrogen) atoms. The molecule has 4 nitrogen and oxygen atoms in total. The maximum atomic E-state index is 12.5. The van der Waals surface area contributed by atoms with Crippen LogP contribution in [-0.2, 0) is 17.6 Å².